The summed E-state index contributed by atoms with van der Waals surface area (Å²) in [6.45, 7) is 2.02. The van der Waals surface area contributed by atoms with Crippen molar-refractivity contribution in [2.75, 3.05) is 16.6 Å². The fourth-order valence-electron chi connectivity index (χ4n) is 2.85. The molecule has 0 bridgehead atoms. The Morgan fingerprint density at radius 2 is 1.61 bits per heavy atom. The first-order chi connectivity index (χ1) is 15.4. The number of aryl methyl sites for hydroxylation is 2. The van der Waals surface area contributed by atoms with Gasteiger partial charge in [0.25, 0.3) is 15.9 Å². The number of carbonyl (C=O) groups is 1. The second-order valence-corrected chi connectivity index (χ2v) is 9.04. The van der Waals surface area contributed by atoms with Gasteiger partial charge >= 0.3 is 6.18 Å². The summed E-state index contributed by atoms with van der Waals surface area (Å²) in [5.41, 5.74) is 2.00. The lowest BCUT2D eigenvalue weighted by atomic mass is 10.2. The molecule has 6 nitrogen and oxygen atoms in total. The normalized spacial score (nSPS) is 11.7. The van der Waals surface area contributed by atoms with Crippen molar-refractivity contribution in [1.82, 2.24) is 0 Å². The standard InChI is InChI=1S/C23H21F3N2O4S/c1-15-6-9-18(10-7-15)28-33(30,31)19-5-3-4-17(13-19)22(29)27-20-11-8-16(2)12-21(20)32-14-23(24,25)26/h3-13,28H,14H2,1-2H3,(H,27,29). The Morgan fingerprint density at radius 3 is 2.27 bits per heavy atom. The molecule has 0 radical (unpaired) electrons. The van der Waals surface area contributed by atoms with E-state index in [-0.39, 0.29) is 21.9 Å². The lowest BCUT2D eigenvalue weighted by Gasteiger charge is -2.15. The summed E-state index contributed by atoms with van der Waals surface area (Å²) in [5, 5.41) is 2.48. The smallest absolute Gasteiger partial charge is 0.422 e. The maximum Gasteiger partial charge on any atom is 0.422 e. The van der Waals surface area contributed by atoms with Gasteiger partial charge in [0.15, 0.2) is 6.61 Å². The zero-order valence-corrected chi connectivity index (χ0v) is 18.5. The van der Waals surface area contributed by atoms with Crippen molar-refractivity contribution in [3.63, 3.8) is 0 Å². The van der Waals surface area contributed by atoms with Gasteiger partial charge in [-0.05, 0) is 61.9 Å². The number of rotatable bonds is 7. The van der Waals surface area contributed by atoms with Crippen LogP contribution < -0.4 is 14.8 Å². The first kappa shape index (κ1) is 24.1. The minimum Gasteiger partial charge on any atom is -0.482 e. The van der Waals surface area contributed by atoms with Gasteiger partial charge in [0.05, 0.1) is 10.6 Å². The summed E-state index contributed by atoms with van der Waals surface area (Å²) < 4.78 is 70.4. The number of sulfonamides is 1. The number of hydrogen-bond acceptors (Lipinski definition) is 4. The van der Waals surface area contributed by atoms with E-state index in [9.17, 15) is 26.4 Å². The zero-order chi connectivity index (χ0) is 24.2. The Kier molecular flexibility index (Phi) is 6.97. The van der Waals surface area contributed by atoms with Crippen LogP contribution in [0, 0.1) is 13.8 Å². The number of alkyl halides is 3. The van der Waals surface area contributed by atoms with Crippen LogP contribution in [-0.2, 0) is 10.0 Å². The third kappa shape index (κ3) is 6.72. The molecule has 0 spiro atoms. The van der Waals surface area contributed by atoms with Gasteiger partial charge in [-0.2, -0.15) is 13.2 Å². The highest BCUT2D eigenvalue weighted by Crippen LogP contribution is 2.28. The molecule has 10 heteroatoms. The van der Waals surface area contributed by atoms with Gasteiger partial charge < -0.3 is 10.1 Å². The first-order valence-corrected chi connectivity index (χ1v) is 11.2. The molecule has 0 saturated carbocycles. The molecule has 0 heterocycles. The Hall–Kier alpha value is -3.53. The quantitative estimate of drug-likeness (QED) is 0.483. The van der Waals surface area contributed by atoms with Gasteiger partial charge in [-0.25, -0.2) is 8.42 Å². The lowest BCUT2D eigenvalue weighted by molar-refractivity contribution is -0.153. The van der Waals surface area contributed by atoms with Crippen molar-refractivity contribution < 1.29 is 31.1 Å². The molecule has 33 heavy (non-hydrogen) atoms. The fraction of sp³-hybridized carbons (Fsp3) is 0.174. The third-order valence-electron chi connectivity index (χ3n) is 4.49. The molecule has 3 rings (SSSR count). The van der Waals surface area contributed by atoms with E-state index >= 15 is 0 Å². The van der Waals surface area contributed by atoms with E-state index < -0.39 is 28.7 Å². The molecule has 174 valence electrons. The molecule has 0 fully saturated rings. The van der Waals surface area contributed by atoms with Crippen LogP contribution in [0.2, 0.25) is 0 Å². The van der Waals surface area contributed by atoms with E-state index in [1.165, 1.54) is 36.4 Å². The number of halogens is 3. The number of anilines is 2. The van der Waals surface area contributed by atoms with E-state index in [1.54, 1.807) is 37.3 Å². The molecule has 1 amide bonds. The van der Waals surface area contributed by atoms with Crippen molar-refractivity contribution in [1.29, 1.82) is 0 Å². The molecule has 0 atom stereocenters. The molecular formula is C23H21F3N2O4S. The van der Waals surface area contributed by atoms with Crippen molar-refractivity contribution in [2.45, 2.75) is 24.9 Å². The van der Waals surface area contributed by atoms with E-state index in [1.807, 2.05) is 6.92 Å². The Balaban J connectivity index is 1.81. The summed E-state index contributed by atoms with van der Waals surface area (Å²) in [6, 6.07) is 16.4. The van der Waals surface area contributed by atoms with Crippen LogP contribution in [0.4, 0.5) is 24.5 Å². The zero-order valence-electron chi connectivity index (χ0n) is 17.7. The molecule has 3 aromatic carbocycles. The molecule has 0 aliphatic carbocycles. The van der Waals surface area contributed by atoms with Crippen LogP contribution in [0.3, 0.4) is 0 Å². The average Bonchev–Trinajstić information content (AvgIpc) is 2.75. The minimum absolute atomic E-state index is 0.00382. The van der Waals surface area contributed by atoms with Gasteiger partial charge in [-0.1, -0.05) is 29.8 Å². The SMILES string of the molecule is Cc1ccc(NS(=O)(=O)c2cccc(C(=O)Nc3ccc(C)cc3OCC(F)(F)F)c2)cc1. The van der Waals surface area contributed by atoms with Crippen LogP contribution in [0.15, 0.2) is 71.6 Å². The van der Waals surface area contributed by atoms with Crippen molar-refractivity contribution >= 4 is 27.3 Å². The molecule has 0 aliphatic heterocycles. The number of ether oxygens (including phenoxy) is 1. The van der Waals surface area contributed by atoms with Gasteiger partial charge in [0.1, 0.15) is 5.75 Å². The minimum atomic E-state index is -4.54. The van der Waals surface area contributed by atoms with Crippen LogP contribution in [0.1, 0.15) is 21.5 Å². The monoisotopic (exact) mass is 478 g/mol. The van der Waals surface area contributed by atoms with Gasteiger partial charge in [-0.3, -0.25) is 9.52 Å². The third-order valence-corrected chi connectivity index (χ3v) is 5.87. The maximum absolute atomic E-state index is 12.7. The molecular weight excluding hydrogens is 457 g/mol. The van der Waals surface area contributed by atoms with Crippen LogP contribution in [-0.4, -0.2) is 27.1 Å². The average molecular weight is 478 g/mol. The Bertz CT molecular complexity index is 1260. The Labute approximate surface area is 189 Å². The van der Waals surface area contributed by atoms with Crippen molar-refractivity contribution in [3.05, 3.63) is 83.4 Å². The van der Waals surface area contributed by atoms with Crippen LogP contribution >= 0.6 is 0 Å². The highest BCUT2D eigenvalue weighted by atomic mass is 32.2. The Morgan fingerprint density at radius 1 is 0.939 bits per heavy atom. The van der Waals surface area contributed by atoms with E-state index in [0.717, 1.165) is 5.56 Å². The summed E-state index contributed by atoms with van der Waals surface area (Å²) >= 11 is 0. The summed E-state index contributed by atoms with van der Waals surface area (Å²) in [7, 11) is -3.97. The van der Waals surface area contributed by atoms with Crippen LogP contribution in [0.25, 0.3) is 0 Å². The summed E-state index contributed by atoms with van der Waals surface area (Å²) in [5.74, 6) is -0.853. The molecule has 3 aromatic rings. The number of nitrogens with one attached hydrogen (secondary N) is 2. The molecule has 0 saturated heterocycles. The number of hydrogen-bond donors (Lipinski definition) is 2. The van der Waals surface area contributed by atoms with Gasteiger partial charge in [0, 0.05) is 11.3 Å². The van der Waals surface area contributed by atoms with Gasteiger partial charge in [0.2, 0.25) is 0 Å². The van der Waals surface area contributed by atoms with Gasteiger partial charge in [-0.15, -0.1) is 0 Å². The molecule has 2 N–H and O–H groups in total. The van der Waals surface area contributed by atoms with Crippen molar-refractivity contribution in [3.8, 4) is 5.75 Å². The first-order valence-electron chi connectivity index (χ1n) is 9.74. The predicted octanol–water partition coefficient (Wildman–Crippen LogP) is 5.30. The van der Waals surface area contributed by atoms with E-state index in [2.05, 4.69) is 10.0 Å². The highest BCUT2D eigenvalue weighted by molar-refractivity contribution is 7.92. The summed E-state index contributed by atoms with van der Waals surface area (Å²) in [4.78, 5) is 12.6. The second-order valence-electron chi connectivity index (χ2n) is 7.36. The molecule has 0 aromatic heterocycles. The fourth-order valence-corrected chi connectivity index (χ4v) is 3.95. The van der Waals surface area contributed by atoms with Crippen molar-refractivity contribution in [2.24, 2.45) is 0 Å². The number of amides is 1. The summed E-state index contributed by atoms with van der Waals surface area (Å²) in [6.07, 6.45) is -4.54. The largest absolute Gasteiger partial charge is 0.482 e. The second kappa shape index (κ2) is 9.53. The lowest BCUT2D eigenvalue weighted by Crippen LogP contribution is -2.20. The molecule has 0 unspecified atom stereocenters. The predicted molar refractivity (Wildman–Crippen MR) is 119 cm³/mol. The topological polar surface area (TPSA) is 84.5 Å². The highest BCUT2D eigenvalue weighted by Gasteiger charge is 2.29. The number of benzene rings is 3. The van der Waals surface area contributed by atoms with E-state index in [0.29, 0.717) is 11.3 Å². The van der Waals surface area contributed by atoms with Crippen LogP contribution in [0.5, 0.6) is 5.75 Å². The number of carbonyl (C=O) groups excluding carboxylic acids is 1. The van der Waals surface area contributed by atoms with E-state index in [4.69, 9.17) is 4.74 Å². The molecule has 0 aliphatic rings. The maximum atomic E-state index is 12.7.